The highest BCUT2D eigenvalue weighted by atomic mass is 16.4. The predicted octanol–water partition coefficient (Wildman–Crippen LogP) is 3.46. The Balaban J connectivity index is 2.35. The van der Waals surface area contributed by atoms with Crippen molar-refractivity contribution in [2.75, 3.05) is 4.90 Å². The number of carboxylic acids is 1. The monoisotopic (exact) mass is 247 g/mol. The molecule has 0 unspecified atom stereocenters. The van der Waals surface area contributed by atoms with Crippen LogP contribution in [0.2, 0.25) is 0 Å². The van der Waals surface area contributed by atoms with Gasteiger partial charge in [0.15, 0.2) is 0 Å². The van der Waals surface area contributed by atoms with Gasteiger partial charge in [0.2, 0.25) is 0 Å². The molecule has 0 amide bonds. The van der Waals surface area contributed by atoms with Crippen LogP contribution in [-0.2, 0) is 0 Å². The van der Waals surface area contributed by atoms with Crippen molar-refractivity contribution < 1.29 is 9.90 Å². The molecule has 0 radical (unpaired) electrons. The Morgan fingerprint density at radius 2 is 1.89 bits per heavy atom. The Kier molecular flexibility index (Phi) is 3.60. The van der Waals surface area contributed by atoms with Crippen molar-refractivity contribution in [1.29, 1.82) is 0 Å². The average molecular weight is 247 g/mol. The summed E-state index contributed by atoms with van der Waals surface area (Å²) in [5, 5.41) is 9.00. The largest absolute Gasteiger partial charge is 0.478 e. The first kappa shape index (κ1) is 12.9. The first-order chi connectivity index (χ1) is 8.50. The van der Waals surface area contributed by atoms with Crippen LogP contribution >= 0.6 is 0 Å². The van der Waals surface area contributed by atoms with Crippen LogP contribution < -0.4 is 4.90 Å². The van der Waals surface area contributed by atoms with Crippen LogP contribution in [0, 0.1) is 6.92 Å². The molecule has 2 rings (SSSR count). The molecule has 1 N–H and O–H groups in total. The summed E-state index contributed by atoms with van der Waals surface area (Å²) in [6, 6.07) is 6.49. The number of anilines is 1. The molecule has 1 aromatic carbocycles. The van der Waals surface area contributed by atoms with E-state index in [1.54, 1.807) is 12.1 Å². The normalized spacial score (nSPS) is 24.1. The van der Waals surface area contributed by atoms with Crippen molar-refractivity contribution in [2.45, 2.75) is 52.1 Å². The minimum atomic E-state index is -0.857. The third-order valence-electron chi connectivity index (χ3n) is 3.92. The van der Waals surface area contributed by atoms with Crippen molar-refractivity contribution in [3.63, 3.8) is 0 Å². The molecule has 1 fully saturated rings. The molecule has 1 aliphatic heterocycles. The number of hydrogen-bond acceptors (Lipinski definition) is 2. The van der Waals surface area contributed by atoms with Crippen LogP contribution in [0.4, 0.5) is 5.69 Å². The van der Waals surface area contributed by atoms with Crippen molar-refractivity contribution in [3.05, 3.63) is 29.3 Å². The topological polar surface area (TPSA) is 40.5 Å². The fourth-order valence-electron chi connectivity index (χ4n) is 2.97. The van der Waals surface area contributed by atoms with Gasteiger partial charge in [0.25, 0.3) is 0 Å². The van der Waals surface area contributed by atoms with Crippen LogP contribution in [0.5, 0.6) is 0 Å². The number of benzene rings is 1. The second-order valence-electron chi connectivity index (χ2n) is 5.34. The van der Waals surface area contributed by atoms with Gasteiger partial charge in [-0.05, 0) is 63.8 Å². The zero-order valence-electron chi connectivity index (χ0n) is 11.3. The Morgan fingerprint density at radius 3 is 2.39 bits per heavy atom. The molecule has 3 nitrogen and oxygen atoms in total. The van der Waals surface area contributed by atoms with Gasteiger partial charge in [0.05, 0.1) is 5.56 Å². The minimum absolute atomic E-state index is 0.369. The van der Waals surface area contributed by atoms with E-state index in [0.29, 0.717) is 17.6 Å². The SMILES string of the molecule is Cc1cc(C(=O)O)ccc1N1[C@H](C)CCC[C@@H]1C. The van der Waals surface area contributed by atoms with Crippen molar-refractivity contribution in [3.8, 4) is 0 Å². The number of hydrogen-bond donors (Lipinski definition) is 1. The maximum absolute atomic E-state index is 11.0. The van der Waals surface area contributed by atoms with Crippen LogP contribution in [0.15, 0.2) is 18.2 Å². The van der Waals surface area contributed by atoms with Crippen molar-refractivity contribution in [1.82, 2.24) is 0 Å². The van der Waals surface area contributed by atoms with Gasteiger partial charge >= 0.3 is 5.97 Å². The quantitative estimate of drug-likeness (QED) is 0.870. The zero-order chi connectivity index (χ0) is 13.3. The molecule has 18 heavy (non-hydrogen) atoms. The summed E-state index contributed by atoms with van der Waals surface area (Å²) in [7, 11) is 0. The lowest BCUT2D eigenvalue weighted by atomic mass is 9.95. The number of aryl methyl sites for hydroxylation is 1. The highest BCUT2D eigenvalue weighted by Gasteiger charge is 2.26. The van der Waals surface area contributed by atoms with Gasteiger partial charge in [-0.2, -0.15) is 0 Å². The molecule has 3 heteroatoms. The number of rotatable bonds is 2. The summed E-state index contributed by atoms with van der Waals surface area (Å²) in [6.45, 7) is 6.50. The van der Waals surface area contributed by atoms with Crippen LogP contribution in [0.25, 0.3) is 0 Å². The first-order valence-corrected chi connectivity index (χ1v) is 6.63. The van der Waals surface area contributed by atoms with Gasteiger partial charge < -0.3 is 10.0 Å². The summed E-state index contributed by atoms with van der Waals surface area (Å²) in [5.41, 5.74) is 2.60. The second kappa shape index (κ2) is 5.01. The molecule has 0 saturated carbocycles. The molecule has 1 heterocycles. The fourth-order valence-corrected chi connectivity index (χ4v) is 2.97. The maximum atomic E-state index is 11.0. The van der Waals surface area contributed by atoms with E-state index in [1.165, 1.54) is 24.9 Å². The Morgan fingerprint density at radius 1 is 1.28 bits per heavy atom. The second-order valence-corrected chi connectivity index (χ2v) is 5.34. The van der Waals surface area contributed by atoms with E-state index < -0.39 is 5.97 Å². The Hall–Kier alpha value is -1.51. The lowest BCUT2D eigenvalue weighted by Gasteiger charge is -2.41. The predicted molar refractivity (Wildman–Crippen MR) is 73.4 cm³/mol. The molecule has 0 aromatic heterocycles. The van der Waals surface area contributed by atoms with Gasteiger partial charge in [0.1, 0.15) is 0 Å². The molecular weight excluding hydrogens is 226 g/mol. The van der Waals surface area contributed by atoms with Crippen molar-refractivity contribution in [2.24, 2.45) is 0 Å². The molecule has 98 valence electrons. The van der Waals surface area contributed by atoms with E-state index in [9.17, 15) is 4.79 Å². The third-order valence-corrected chi connectivity index (χ3v) is 3.92. The summed E-state index contributed by atoms with van der Waals surface area (Å²) in [4.78, 5) is 13.4. The van der Waals surface area contributed by atoms with Gasteiger partial charge in [-0.15, -0.1) is 0 Å². The Bertz CT molecular complexity index is 446. The molecule has 2 atom stereocenters. The number of carboxylic acid groups (broad SMARTS) is 1. The van der Waals surface area contributed by atoms with E-state index in [0.717, 1.165) is 5.56 Å². The molecule has 0 aliphatic carbocycles. The third kappa shape index (κ3) is 2.35. The van der Waals surface area contributed by atoms with Gasteiger partial charge in [-0.3, -0.25) is 0 Å². The summed E-state index contributed by atoms with van der Waals surface area (Å²) < 4.78 is 0. The van der Waals surface area contributed by atoms with E-state index >= 15 is 0 Å². The van der Waals surface area contributed by atoms with Crippen LogP contribution in [0.1, 0.15) is 49.0 Å². The van der Waals surface area contributed by atoms with E-state index in [4.69, 9.17) is 5.11 Å². The molecule has 0 bridgehead atoms. The van der Waals surface area contributed by atoms with E-state index in [2.05, 4.69) is 18.7 Å². The smallest absolute Gasteiger partial charge is 0.335 e. The van der Waals surface area contributed by atoms with E-state index in [1.807, 2.05) is 13.0 Å². The zero-order valence-corrected chi connectivity index (χ0v) is 11.3. The van der Waals surface area contributed by atoms with Gasteiger partial charge in [-0.25, -0.2) is 4.79 Å². The number of aromatic carboxylic acids is 1. The number of nitrogens with zero attached hydrogens (tertiary/aromatic N) is 1. The Labute approximate surface area is 108 Å². The summed E-state index contributed by atoms with van der Waals surface area (Å²) in [5.74, 6) is -0.857. The highest BCUT2D eigenvalue weighted by molar-refractivity contribution is 5.88. The summed E-state index contributed by atoms with van der Waals surface area (Å²) >= 11 is 0. The molecule has 1 aliphatic rings. The minimum Gasteiger partial charge on any atom is -0.478 e. The number of piperidine rings is 1. The number of carbonyl (C=O) groups is 1. The fraction of sp³-hybridized carbons (Fsp3) is 0.533. The van der Waals surface area contributed by atoms with Crippen molar-refractivity contribution >= 4 is 11.7 Å². The van der Waals surface area contributed by atoms with E-state index in [-0.39, 0.29) is 0 Å². The first-order valence-electron chi connectivity index (χ1n) is 6.63. The molecule has 1 saturated heterocycles. The average Bonchev–Trinajstić information content (AvgIpc) is 2.30. The van der Waals surface area contributed by atoms with Gasteiger partial charge in [-0.1, -0.05) is 0 Å². The highest BCUT2D eigenvalue weighted by Crippen LogP contribution is 2.31. The lowest BCUT2D eigenvalue weighted by Crippen LogP contribution is -2.44. The maximum Gasteiger partial charge on any atom is 0.335 e. The molecule has 0 spiro atoms. The van der Waals surface area contributed by atoms with Crippen LogP contribution in [0.3, 0.4) is 0 Å². The van der Waals surface area contributed by atoms with Crippen LogP contribution in [-0.4, -0.2) is 23.2 Å². The standard InChI is InChI=1S/C15H21NO2/c1-10-9-13(15(17)18)7-8-14(10)16-11(2)5-4-6-12(16)3/h7-9,11-12H,4-6H2,1-3H3,(H,17,18)/t11-,12+. The summed E-state index contributed by atoms with van der Waals surface area (Å²) in [6.07, 6.45) is 3.71. The molecular formula is C15H21NO2. The molecule has 1 aromatic rings. The lowest BCUT2D eigenvalue weighted by molar-refractivity contribution is 0.0697. The van der Waals surface area contributed by atoms with Gasteiger partial charge in [0, 0.05) is 17.8 Å².